The second-order valence-electron chi connectivity index (χ2n) is 5.51. The molecule has 0 radical (unpaired) electrons. The van der Waals surface area contributed by atoms with E-state index in [1.807, 2.05) is 12.1 Å². The van der Waals surface area contributed by atoms with Gasteiger partial charge in [0.25, 0.3) is 5.69 Å². The van der Waals surface area contributed by atoms with Gasteiger partial charge in [-0.1, -0.05) is 35.9 Å². The molecule has 0 aliphatic heterocycles. The lowest BCUT2D eigenvalue weighted by atomic mass is 10.1. The monoisotopic (exact) mass is 347 g/mol. The second kappa shape index (κ2) is 7.79. The first kappa shape index (κ1) is 17.7. The highest BCUT2D eigenvalue weighted by Crippen LogP contribution is 2.19. The van der Waals surface area contributed by atoms with Crippen molar-refractivity contribution in [2.75, 3.05) is 7.05 Å². The average Bonchev–Trinajstić information content (AvgIpc) is 2.54. The Kier molecular flexibility index (Phi) is 5.76. The number of halogens is 1. The predicted molar refractivity (Wildman–Crippen MR) is 93.0 cm³/mol. The van der Waals surface area contributed by atoms with Crippen LogP contribution >= 0.6 is 11.6 Å². The van der Waals surface area contributed by atoms with E-state index < -0.39 is 4.92 Å². The normalized spacial score (nSPS) is 11.6. The number of hydrogen-bond donors (Lipinski definition) is 1. The van der Waals surface area contributed by atoms with E-state index in [4.69, 9.17) is 11.6 Å². The van der Waals surface area contributed by atoms with Crippen LogP contribution in [0.1, 0.15) is 24.1 Å². The van der Waals surface area contributed by atoms with Crippen molar-refractivity contribution in [1.29, 1.82) is 0 Å². The molecule has 2 aromatic carbocycles. The Labute approximate surface area is 145 Å². The maximum absolute atomic E-state index is 12.3. The molecule has 2 aromatic rings. The van der Waals surface area contributed by atoms with Gasteiger partial charge in [-0.15, -0.1) is 0 Å². The largest absolute Gasteiger partial charge is 0.331 e. The molecule has 7 heteroatoms. The molecule has 0 saturated heterocycles. The first-order valence-corrected chi connectivity index (χ1v) is 7.75. The highest BCUT2D eigenvalue weighted by molar-refractivity contribution is 6.30. The molecule has 0 saturated carbocycles. The quantitative estimate of drug-likeness (QED) is 0.652. The van der Waals surface area contributed by atoms with E-state index in [2.05, 4.69) is 5.32 Å². The van der Waals surface area contributed by atoms with E-state index >= 15 is 0 Å². The van der Waals surface area contributed by atoms with E-state index in [1.54, 1.807) is 38.2 Å². The number of carbonyl (C=O) groups excluding carboxylic acids is 1. The Bertz CT molecular complexity index is 751. The Hall–Kier alpha value is -2.60. The van der Waals surface area contributed by atoms with Gasteiger partial charge >= 0.3 is 6.03 Å². The summed E-state index contributed by atoms with van der Waals surface area (Å²) in [5, 5.41) is 14.3. The van der Waals surface area contributed by atoms with Gasteiger partial charge < -0.3 is 10.2 Å². The highest BCUT2D eigenvalue weighted by atomic mass is 35.5. The van der Waals surface area contributed by atoms with Crippen LogP contribution in [-0.4, -0.2) is 22.9 Å². The zero-order chi connectivity index (χ0) is 17.7. The minimum absolute atomic E-state index is 0.000816. The molecule has 24 heavy (non-hydrogen) atoms. The molecule has 0 unspecified atom stereocenters. The molecule has 0 aliphatic carbocycles. The number of nitro groups is 1. The fraction of sp³-hybridized carbons (Fsp3) is 0.235. The summed E-state index contributed by atoms with van der Waals surface area (Å²) in [5.41, 5.74) is 1.60. The SMILES string of the molecule is C[C@H](NC(=O)N(C)Cc1cccc(Cl)c1)c1cccc([N+](=O)[O-])c1. The Morgan fingerprint density at radius 3 is 2.67 bits per heavy atom. The topological polar surface area (TPSA) is 75.5 Å². The molecule has 0 aliphatic rings. The van der Waals surface area contributed by atoms with Gasteiger partial charge in [0, 0.05) is 30.7 Å². The summed E-state index contributed by atoms with van der Waals surface area (Å²) >= 11 is 5.94. The summed E-state index contributed by atoms with van der Waals surface area (Å²) in [6.45, 7) is 2.19. The third-order valence-electron chi connectivity index (χ3n) is 3.58. The van der Waals surface area contributed by atoms with Crippen LogP contribution in [0.5, 0.6) is 0 Å². The Morgan fingerprint density at radius 2 is 2.00 bits per heavy atom. The summed E-state index contributed by atoms with van der Waals surface area (Å²) in [6.07, 6.45) is 0. The molecule has 0 spiro atoms. The number of nitro benzene ring substituents is 1. The number of nitrogens with one attached hydrogen (secondary N) is 1. The van der Waals surface area contributed by atoms with Crippen molar-refractivity contribution in [3.8, 4) is 0 Å². The lowest BCUT2D eigenvalue weighted by Crippen LogP contribution is -2.38. The molecular weight excluding hydrogens is 330 g/mol. The van der Waals surface area contributed by atoms with Crippen molar-refractivity contribution in [3.05, 3.63) is 74.8 Å². The molecule has 1 N–H and O–H groups in total. The first-order valence-electron chi connectivity index (χ1n) is 7.37. The lowest BCUT2D eigenvalue weighted by Gasteiger charge is -2.21. The van der Waals surface area contributed by atoms with Crippen molar-refractivity contribution < 1.29 is 9.72 Å². The molecule has 6 nitrogen and oxygen atoms in total. The molecule has 2 rings (SSSR count). The van der Waals surface area contributed by atoms with Crippen molar-refractivity contribution in [2.24, 2.45) is 0 Å². The van der Waals surface area contributed by atoms with Gasteiger partial charge in [-0.05, 0) is 30.2 Å². The lowest BCUT2D eigenvalue weighted by molar-refractivity contribution is -0.384. The fourth-order valence-corrected chi connectivity index (χ4v) is 2.48. The van der Waals surface area contributed by atoms with E-state index in [9.17, 15) is 14.9 Å². The molecule has 126 valence electrons. The number of non-ortho nitro benzene ring substituents is 1. The van der Waals surface area contributed by atoms with Crippen molar-refractivity contribution in [2.45, 2.75) is 19.5 Å². The number of benzene rings is 2. The minimum atomic E-state index is -0.455. The van der Waals surface area contributed by atoms with Gasteiger partial charge in [-0.3, -0.25) is 10.1 Å². The minimum Gasteiger partial charge on any atom is -0.331 e. The van der Waals surface area contributed by atoms with Crippen LogP contribution in [-0.2, 0) is 6.54 Å². The van der Waals surface area contributed by atoms with E-state index in [1.165, 1.54) is 17.0 Å². The molecule has 2 amide bonds. The molecule has 0 bridgehead atoms. The van der Waals surface area contributed by atoms with Crippen molar-refractivity contribution >= 4 is 23.3 Å². The number of amides is 2. The van der Waals surface area contributed by atoms with Gasteiger partial charge in [0.05, 0.1) is 11.0 Å². The van der Waals surface area contributed by atoms with Crippen LogP contribution in [0.3, 0.4) is 0 Å². The van der Waals surface area contributed by atoms with Gasteiger partial charge in [-0.2, -0.15) is 0 Å². The second-order valence-corrected chi connectivity index (χ2v) is 5.95. The molecule has 0 aromatic heterocycles. The van der Waals surface area contributed by atoms with Gasteiger partial charge in [0.15, 0.2) is 0 Å². The highest BCUT2D eigenvalue weighted by Gasteiger charge is 2.16. The van der Waals surface area contributed by atoms with Crippen LogP contribution in [0.2, 0.25) is 5.02 Å². The van der Waals surface area contributed by atoms with E-state index in [0.717, 1.165) is 5.56 Å². The van der Waals surface area contributed by atoms with Crippen LogP contribution in [0.15, 0.2) is 48.5 Å². The summed E-state index contributed by atoms with van der Waals surface area (Å²) in [4.78, 5) is 24.2. The van der Waals surface area contributed by atoms with Crippen LogP contribution in [0.4, 0.5) is 10.5 Å². The van der Waals surface area contributed by atoms with E-state index in [-0.39, 0.29) is 17.8 Å². The third-order valence-corrected chi connectivity index (χ3v) is 3.81. The Morgan fingerprint density at radius 1 is 1.29 bits per heavy atom. The van der Waals surface area contributed by atoms with Gasteiger partial charge in [-0.25, -0.2) is 4.79 Å². The number of hydrogen-bond acceptors (Lipinski definition) is 3. The van der Waals surface area contributed by atoms with E-state index in [0.29, 0.717) is 17.1 Å². The smallest absolute Gasteiger partial charge is 0.317 e. The number of urea groups is 1. The summed E-state index contributed by atoms with van der Waals surface area (Å²) < 4.78 is 0. The number of rotatable bonds is 5. The average molecular weight is 348 g/mol. The summed E-state index contributed by atoms with van der Waals surface area (Å²) in [7, 11) is 1.68. The maximum atomic E-state index is 12.3. The Balaban J connectivity index is 2.00. The van der Waals surface area contributed by atoms with Gasteiger partial charge in [0.1, 0.15) is 0 Å². The maximum Gasteiger partial charge on any atom is 0.317 e. The van der Waals surface area contributed by atoms with Crippen LogP contribution < -0.4 is 5.32 Å². The fourth-order valence-electron chi connectivity index (χ4n) is 2.27. The first-order chi connectivity index (χ1) is 11.4. The zero-order valence-electron chi connectivity index (χ0n) is 13.4. The summed E-state index contributed by atoms with van der Waals surface area (Å²) in [5.74, 6) is 0. The van der Waals surface area contributed by atoms with Crippen LogP contribution in [0.25, 0.3) is 0 Å². The predicted octanol–water partition coefficient (Wildman–Crippen LogP) is 4.15. The van der Waals surface area contributed by atoms with Crippen LogP contribution in [0, 0.1) is 10.1 Å². The molecular formula is C17H18ClN3O3. The third kappa shape index (κ3) is 4.70. The molecule has 1 atom stereocenters. The standard InChI is InChI=1S/C17H18ClN3O3/c1-12(14-6-4-8-16(10-14)21(23)24)19-17(22)20(2)11-13-5-3-7-15(18)9-13/h3-10,12H,11H2,1-2H3,(H,19,22)/t12-/m0/s1. The molecule has 0 fully saturated rings. The van der Waals surface area contributed by atoms with Crippen molar-refractivity contribution in [1.82, 2.24) is 10.2 Å². The molecule has 0 heterocycles. The number of carbonyl (C=O) groups is 1. The number of nitrogens with zero attached hydrogens (tertiary/aromatic N) is 2. The summed E-state index contributed by atoms with van der Waals surface area (Å²) in [6, 6.07) is 12.9. The zero-order valence-corrected chi connectivity index (χ0v) is 14.2. The van der Waals surface area contributed by atoms with Crippen molar-refractivity contribution in [3.63, 3.8) is 0 Å². The van der Waals surface area contributed by atoms with Gasteiger partial charge in [0.2, 0.25) is 0 Å².